The Bertz CT molecular complexity index is 717. The maximum absolute atomic E-state index is 14.2. The zero-order valence-corrected chi connectivity index (χ0v) is 12.7. The van der Waals surface area contributed by atoms with Gasteiger partial charge in [-0.05, 0) is 18.4 Å². The van der Waals surface area contributed by atoms with Gasteiger partial charge < -0.3 is 0 Å². The highest BCUT2D eigenvalue weighted by molar-refractivity contribution is 7.99. The Morgan fingerprint density at radius 1 is 1.23 bits per heavy atom. The third-order valence-electron chi connectivity index (χ3n) is 4.38. The van der Waals surface area contributed by atoms with Crippen molar-refractivity contribution < 1.29 is 4.39 Å². The van der Waals surface area contributed by atoms with E-state index in [2.05, 4.69) is 16.2 Å². The molecule has 2 heterocycles. The van der Waals surface area contributed by atoms with Crippen LogP contribution in [0.4, 0.5) is 4.39 Å². The Labute approximate surface area is 132 Å². The minimum atomic E-state index is -1.06. The number of rotatable bonds is 3. The number of nitrogens with zero attached hydrogens (tertiary/aromatic N) is 4. The van der Waals surface area contributed by atoms with Gasteiger partial charge in [-0.15, -0.1) is 5.10 Å². The summed E-state index contributed by atoms with van der Waals surface area (Å²) in [5.74, 6) is 0.602. The lowest BCUT2D eigenvalue weighted by molar-refractivity contribution is 0.327. The van der Waals surface area contributed by atoms with E-state index in [9.17, 15) is 4.39 Å². The van der Waals surface area contributed by atoms with E-state index in [1.165, 1.54) is 0 Å². The number of alkyl halides is 1. The molecule has 0 saturated heterocycles. The molecule has 0 N–H and O–H groups in total. The summed E-state index contributed by atoms with van der Waals surface area (Å²) in [5, 5.41) is 14.4. The SMILES string of the molecule is N#C[C@H]1C[C@@H](Sc2nc3n(n2)[C@H](c2ccccc2)C[C@@H]3F)C1. The minimum absolute atomic E-state index is 0.0682. The van der Waals surface area contributed by atoms with Gasteiger partial charge in [0.15, 0.2) is 12.0 Å². The van der Waals surface area contributed by atoms with E-state index in [-0.39, 0.29) is 12.0 Å². The van der Waals surface area contributed by atoms with E-state index in [1.54, 1.807) is 16.4 Å². The van der Waals surface area contributed by atoms with Crippen molar-refractivity contribution in [3.63, 3.8) is 0 Å². The summed E-state index contributed by atoms with van der Waals surface area (Å²) in [7, 11) is 0. The van der Waals surface area contributed by atoms with Gasteiger partial charge in [0.25, 0.3) is 0 Å². The van der Waals surface area contributed by atoms with Gasteiger partial charge in [-0.25, -0.2) is 14.1 Å². The van der Waals surface area contributed by atoms with Crippen LogP contribution in [-0.4, -0.2) is 20.0 Å². The van der Waals surface area contributed by atoms with Gasteiger partial charge in [0.05, 0.1) is 12.1 Å². The van der Waals surface area contributed by atoms with Gasteiger partial charge in [-0.3, -0.25) is 0 Å². The van der Waals surface area contributed by atoms with E-state index < -0.39 is 6.17 Å². The van der Waals surface area contributed by atoms with Crippen LogP contribution >= 0.6 is 11.8 Å². The number of fused-ring (bicyclic) bond motifs is 1. The zero-order valence-electron chi connectivity index (χ0n) is 11.9. The van der Waals surface area contributed by atoms with Crippen molar-refractivity contribution in [3.05, 3.63) is 41.7 Å². The molecule has 1 saturated carbocycles. The number of hydrogen-bond acceptors (Lipinski definition) is 4. The fourth-order valence-corrected chi connectivity index (χ4v) is 4.31. The average molecular weight is 314 g/mol. The molecule has 0 unspecified atom stereocenters. The van der Waals surface area contributed by atoms with Crippen LogP contribution in [0.5, 0.6) is 0 Å². The molecule has 0 amide bonds. The van der Waals surface area contributed by atoms with Crippen molar-refractivity contribution in [2.24, 2.45) is 5.92 Å². The van der Waals surface area contributed by atoms with Crippen molar-refractivity contribution in [2.75, 3.05) is 0 Å². The van der Waals surface area contributed by atoms with Crippen LogP contribution in [0.1, 0.15) is 42.9 Å². The highest BCUT2D eigenvalue weighted by Gasteiger charge is 2.37. The Morgan fingerprint density at radius 3 is 2.73 bits per heavy atom. The predicted molar refractivity (Wildman–Crippen MR) is 81.1 cm³/mol. The summed E-state index contributed by atoms with van der Waals surface area (Å²) in [6, 6.07) is 12.1. The van der Waals surface area contributed by atoms with Crippen LogP contribution in [-0.2, 0) is 0 Å². The molecule has 1 aliphatic carbocycles. The second-order valence-corrected chi connectivity index (χ2v) is 7.13. The van der Waals surface area contributed by atoms with Crippen LogP contribution in [0.25, 0.3) is 0 Å². The summed E-state index contributed by atoms with van der Waals surface area (Å²) < 4.78 is 16.0. The van der Waals surface area contributed by atoms with Gasteiger partial charge in [0.2, 0.25) is 5.16 Å². The molecule has 4 rings (SSSR count). The quantitative estimate of drug-likeness (QED) is 0.867. The van der Waals surface area contributed by atoms with Crippen LogP contribution in [0.15, 0.2) is 35.5 Å². The molecule has 0 bridgehead atoms. The van der Waals surface area contributed by atoms with Crippen LogP contribution in [0, 0.1) is 17.2 Å². The minimum Gasteiger partial charge on any atom is -0.239 e. The summed E-state index contributed by atoms with van der Waals surface area (Å²) in [4.78, 5) is 4.38. The summed E-state index contributed by atoms with van der Waals surface area (Å²) in [6.45, 7) is 0. The molecule has 6 heteroatoms. The topological polar surface area (TPSA) is 54.5 Å². The number of nitriles is 1. The first-order valence-electron chi connectivity index (χ1n) is 7.46. The van der Waals surface area contributed by atoms with Crippen LogP contribution < -0.4 is 0 Å². The molecule has 1 fully saturated rings. The molecule has 4 nitrogen and oxygen atoms in total. The molecule has 2 aliphatic rings. The second-order valence-electron chi connectivity index (χ2n) is 5.86. The Hall–Kier alpha value is -1.87. The van der Waals surface area contributed by atoms with Gasteiger partial charge in [-0.2, -0.15) is 5.26 Å². The second kappa shape index (κ2) is 5.40. The lowest BCUT2D eigenvalue weighted by atomic mass is 9.86. The first-order chi connectivity index (χ1) is 10.7. The van der Waals surface area contributed by atoms with E-state index in [0.717, 1.165) is 18.4 Å². The molecule has 2 atom stereocenters. The molecule has 1 aromatic carbocycles. The molecule has 2 aromatic rings. The van der Waals surface area contributed by atoms with Gasteiger partial charge in [-0.1, -0.05) is 42.1 Å². The highest BCUT2D eigenvalue weighted by atomic mass is 32.2. The van der Waals surface area contributed by atoms with Gasteiger partial charge in [0.1, 0.15) is 0 Å². The van der Waals surface area contributed by atoms with Crippen molar-refractivity contribution in [1.82, 2.24) is 14.8 Å². The van der Waals surface area contributed by atoms with Crippen molar-refractivity contribution in [3.8, 4) is 6.07 Å². The monoisotopic (exact) mass is 314 g/mol. The number of aromatic nitrogens is 3. The maximum atomic E-state index is 14.2. The zero-order chi connectivity index (χ0) is 15.1. The molecule has 0 radical (unpaired) electrons. The van der Waals surface area contributed by atoms with Gasteiger partial charge >= 0.3 is 0 Å². The summed E-state index contributed by atoms with van der Waals surface area (Å²) in [6.07, 6.45) is 1.11. The lowest BCUT2D eigenvalue weighted by Gasteiger charge is -2.28. The van der Waals surface area contributed by atoms with Crippen LogP contribution in [0.3, 0.4) is 0 Å². The van der Waals surface area contributed by atoms with E-state index in [1.807, 2.05) is 30.3 Å². The molecular weight excluding hydrogens is 299 g/mol. The normalized spacial score (nSPS) is 29.6. The fraction of sp³-hybridized carbons (Fsp3) is 0.438. The fourth-order valence-electron chi connectivity index (χ4n) is 3.08. The van der Waals surface area contributed by atoms with Gasteiger partial charge in [0, 0.05) is 17.6 Å². The summed E-state index contributed by atoms with van der Waals surface area (Å²) in [5.41, 5.74) is 1.07. The first kappa shape index (κ1) is 13.8. The summed E-state index contributed by atoms with van der Waals surface area (Å²) >= 11 is 1.57. The molecule has 1 aromatic heterocycles. The number of thioether (sulfide) groups is 1. The number of hydrogen-bond donors (Lipinski definition) is 0. The Morgan fingerprint density at radius 2 is 2.00 bits per heavy atom. The van der Waals surface area contributed by atoms with Crippen molar-refractivity contribution >= 4 is 11.8 Å². The average Bonchev–Trinajstić information content (AvgIpc) is 3.04. The maximum Gasteiger partial charge on any atom is 0.209 e. The van der Waals surface area contributed by atoms with E-state index >= 15 is 0 Å². The van der Waals surface area contributed by atoms with Crippen molar-refractivity contribution in [2.45, 2.75) is 41.9 Å². The number of benzene rings is 1. The lowest BCUT2D eigenvalue weighted by Crippen LogP contribution is -2.24. The third kappa shape index (κ3) is 2.30. The van der Waals surface area contributed by atoms with Crippen LogP contribution in [0.2, 0.25) is 0 Å². The highest BCUT2D eigenvalue weighted by Crippen LogP contribution is 2.43. The molecular formula is C16H15FN4S. The van der Waals surface area contributed by atoms with E-state index in [4.69, 9.17) is 5.26 Å². The number of halogens is 1. The molecule has 1 aliphatic heterocycles. The molecule has 22 heavy (non-hydrogen) atoms. The standard InChI is InChI=1S/C16H15FN4S/c17-13-8-14(11-4-2-1-3-5-11)21-15(13)19-16(20-21)22-12-6-10(7-12)9-18/h1-5,10,12-14H,6-8H2/t10-,12+,13-,14-/m0/s1. The predicted octanol–water partition coefficient (Wildman–Crippen LogP) is 3.68. The Balaban J connectivity index is 1.55. The molecule has 0 spiro atoms. The third-order valence-corrected chi connectivity index (χ3v) is 5.48. The Kier molecular flexibility index (Phi) is 3.38. The van der Waals surface area contributed by atoms with Crippen molar-refractivity contribution in [1.29, 1.82) is 5.26 Å². The first-order valence-corrected chi connectivity index (χ1v) is 8.34. The smallest absolute Gasteiger partial charge is 0.209 e. The van der Waals surface area contributed by atoms with E-state index in [0.29, 0.717) is 22.7 Å². The largest absolute Gasteiger partial charge is 0.239 e. The molecule has 112 valence electrons.